The van der Waals surface area contributed by atoms with Crippen LogP contribution in [0.2, 0.25) is 0 Å². The Hall–Kier alpha value is -1.35. The Morgan fingerprint density at radius 1 is 1.16 bits per heavy atom. The van der Waals surface area contributed by atoms with Crippen LogP contribution < -0.4 is 10.6 Å². The fraction of sp³-hybridized carbons (Fsp3) is 0.562. The van der Waals surface area contributed by atoms with Gasteiger partial charge in [-0.25, -0.2) is 0 Å². The Morgan fingerprint density at radius 3 is 2.47 bits per heavy atom. The molecule has 1 unspecified atom stereocenters. The first kappa shape index (κ1) is 15.7. The van der Waals surface area contributed by atoms with Crippen molar-refractivity contribution in [2.24, 2.45) is 0 Å². The first-order valence-electron chi connectivity index (χ1n) is 7.23. The summed E-state index contributed by atoms with van der Waals surface area (Å²) in [4.78, 5) is 11.9. The zero-order valence-electron chi connectivity index (χ0n) is 12.3. The number of benzene rings is 1. The molecule has 2 atom stereocenters. The predicted octanol–water partition coefficient (Wildman–Crippen LogP) is 3.03. The Bertz CT molecular complexity index is 364. The molecule has 1 aromatic rings. The Labute approximate surface area is 116 Å². The summed E-state index contributed by atoms with van der Waals surface area (Å²) in [5.74, 6) is 0.0823. The van der Waals surface area contributed by atoms with E-state index < -0.39 is 0 Å². The lowest BCUT2D eigenvalue weighted by molar-refractivity contribution is -0.122. The molecule has 1 rings (SSSR count). The standard InChI is InChI=1S/C16H26N2O/c1-4-5-9-12-17-16(19)14(3)18-13(2)15-10-7-6-8-11-15/h6-8,10-11,13-14,18H,4-5,9,12H2,1-3H3,(H,17,19)/t13-,14?/m0/s1. The molecule has 1 aromatic carbocycles. The van der Waals surface area contributed by atoms with Crippen molar-refractivity contribution in [1.29, 1.82) is 0 Å². The predicted molar refractivity (Wildman–Crippen MR) is 80.0 cm³/mol. The summed E-state index contributed by atoms with van der Waals surface area (Å²) in [6.07, 6.45) is 3.40. The molecule has 0 aliphatic heterocycles. The molecule has 3 heteroatoms. The maximum Gasteiger partial charge on any atom is 0.236 e. The van der Waals surface area contributed by atoms with Crippen LogP contribution in [0, 0.1) is 0 Å². The number of nitrogens with one attached hydrogen (secondary N) is 2. The van der Waals surface area contributed by atoms with E-state index in [0.29, 0.717) is 0 Å². The highest BCUT2D eigenvalue weighted by Gasteiger charge is 2.15. The van der Waals surface area contributed by atoms with Gasteiger partial charge in [-0.05, 0) is 25.8 Å². The van der Waals surface area contributed by atoms with E-state index in [0.717, 1.165) is 13.0 Å². The second kappa shape index (κ2) is 8.70. The van der Waals surface area contributed by atoms with Crippen molar-refractivity contribution in [3.63, 3.8) is 0 Å². The van der Waals surface area contributed by atoms with Gasteiger partial charge in [-0.15, -0.1) is 0 Å². The zero-order valence-corrected chi connectivity index (χ0v) is 12.3. The minimum absolute atomic E-state index is 0.0823. The molecule has 1 amide bonds. The van der Waals surface area contributed by atoms with Gasteiger partial charge in [0, 0.05) is 12.6 Å². The van der Waals surface area contributed by atoms with E-state index in [4.69, 9.17) is 0 Å². The van der Waals surface area contributed by atoms with Gasteiger partial charge < -0.3 is 5.32 Å². The summed E-state index contributed by atoms with van der Waals surface area (Å²) in [7, 11) is 0. The lowest BCUT2D eigenvalue weighted by Crippen LogP contribution is -2.43. The maximum absolute atomic E-state index is 11.9. The van der Waals surface area contributed by atoms with E-state index >= 15 is 0 Å². The third kappa shape index (κ3) is 5.88. The molecule has 0 heterocycles. The first-order chi connectivity index (χ1) is 9.15. The lowest BCUT2D eigenvalue weighted by Gasteiger charge is -2.20. The fourth-order valence-corrected chi connectivity index (χ4v) is 2.03. The van der Waals surface area contributed by atoms with E-state index in [1.165, 1.54) is 18.4 Å². The molecule has 0 saturated heterocycles. The number of carbonyl (C=O) groups is 1. The molecule has 3 nitrogen and oxygen atoms in total. The molecule has 0 fully saturated rings. The van der Waals surface area contributed by atoms with Crippen LogP contribution in [0.1, 0.15) is 51.6 Å². The fourth-order valence-electron chi connectivity index (χ4n) is 2.03. The van der Waals surface area contributed by atoms with E-state index in [1.54, 1.807) is 0 Å². The highest BCUT2D eigenvalue weighted by Crippen LogP contribution is 2.11. The van der Waals surface area contributed by atoms with E-state index in [1.807, 2.05) is 25.1 Å². The zero-order chi connectivity index (χ0) is 14.1. The molecule has 0 radical (unpaired) electrons. The largest absolute Gasteiger partial charge is 0.355 e. The minimum atomic E-state index is -0.170. The van der Waals surface area contributed by atoms with E-state index in [2.05, 4.69) is 36.6 Å². The molecule has 106 valence electrons. The number of rotatable bonds is 8. The van der Waals surface area contributed by atoms with Gasteiger partial charge in [-0.2, -0.15) is 0 Å². The normalized spacial score (nSPS) is 13.8. The summed E-state index contributed by atoms with van der Waals surface area (Å²) in [6.45, 7) is 6.93. The summed E-state index contributed by atoms with van der Waals surface area (Å²) in [5.41, 5.74) is 1.20. The quantitative estimate of drug-likeness (QED) is 0.707. The van der Waals surface area contributed by atoms with Gasteiger partial charge in [0.15, 0.2) is 0 Å². The number of hydrogen-bond donors (Lipinski definition) is 2. The molecule has 0 spiro atoms. The number of carbonyl (C=O) groups excluding carboxylic acids is 1. The molecule has 0 bridgehead atoms. The van der Waals surface area contributed by atoms with Crippen LogP contribution in [-0.4, -0.2) is 18.5 Å². The SMILES string of the molecule is CCCCCNC(=O)C(C)N[C@@H](C)c1ccccc1. The van der Waals surface area contributed by atoms with Crippen molar-refractivity contribution in [2.75, 3.05) is 6.54 Å². The molecule has 0 aromatic heterocycles. The van der Waals surface area contributed by atoms with Gasteiger partial charge in [0.25, 0.3) is 0 Å². The summed E-state index contributed by atoms with van der Waals surface area (Å²) in [5, 5.41) is 6.30. The van der Waals surface area contributed by atoms with Crippen LogP contribution in [0.3, 0.4) is 0 Å². The average molecular weight is 262 g/mol. The molecule has 19 heavy (non-hydrogen) atoms. The van der Waals surface area contributed by atoms with E-state index in [-0.39, 0.29) is 18.0 Å². The summed E-state index contributed by atoms with van der Waals surface area (Å²) < 4.78 is 0. The van der Waals surface area contributed by atoms with Crippen LogP contribution in [0.15, 0.2) is 30.3 Å². The third-order valence-electron chi connectivity index (χ3n) is 3.27. The van der Waals surface area contributed by atoms with Gasteiger partial charge in [0.2, 0.25) is 5.91 Å². The monoisotopic (exact) mass is 262 g/mol. The van der Waals surface area contributed by atoms with Crippen molar-refractivity contribution in [3.05, 3.63) is 35.9 Å². The van der Waals surface area contributed by atoms with Crippen molar-refractivity contribution < 1.29 is 4.79 Å². The molecular formula is C16H26N2O. The highest BCUT2D eigenvalue weighted by atomic mass is 16.2. The van der Waals surface area contributed by atoms with Crippen molar-refractivity contribution >= 4 is 5.91 Å². The second-order valence-corrected chi connectivity index (χ2v) is 5.02. The Morgan fingerprint density at radius 2 is 1.84 bits per heavy atom. The van der Waals surface area contributed by atoms with Gasteiger partial charge in [-0.1, -0.05) is 50.1 Å². The van der Waals surface area contributed by atoms with Crippen LogP contribution in [-0.2, 0) is 4.79 Å². The molecule has 2 N–H and O–H groups in total. The van der Waals surface area contributed by atoms with Gasteiger partial charge in [-0.3, -0.25) is 10.1 Å². The highest BCUT2D eigenvalue weighted by molar-refractivity contribution is 5.81. The van der Waals surface area contributed by atoms with Crippen LogP contribution in [0.5, 0.6) is 0 Å². The molecular weight excluding hydrogens is 236 g/mol. The van der Waals surface area contributed by atoms with Crippen molar-refractivity contribution in [3.8, 4) is 0 Å². The third-order valence-corrected chi connectivity index (χ3v) is 3.27. The van der Waals surface area contributed by atoms with Crippen molar-refractivity contribution in [1.82, 2.24) is 10.6 Å². The van der Waals surface area contributed by atoms with Crippen LogP contribution in [0.4, 0.5) is 0 Å². The van der Waals surface area contributed by atoms with Crippen molar-refractivity contribution in [2.45, 2.75) is 52.1 Å². The number of amides is 1. The molecule has 0 saturated carbocycles. The van der Waals surface area contributed by atoms with Gasteiger partial charge in [0.05, 0.1) is 6.04 Å². The van der Waals surface area contributed by atoms with Crippen LogP contribution in [0.25, 0.3) is 0 Å². The molecule has 0 aliphatic rings. The maximum atomic E-state index is 11.9. The topological polar surface area (TPSA) is 41.1 Å². The second-order valence-electron chi connectivity index (χ2n) is 5.02. The molecule has 0 aliphatic carbocycles. The number of hydrogen-bond acceptors (Lipinski definition) is 2. The van der Waals surface area contributed by atoms with E-state index in [9.17, 15) is 4.79 Å². The Kier molecular flexibility index (Phi) is 7.19. The minimum Gasteiger partial charge on any atom is -0.355 e. The summed E-state index contributed by atoms with van der Waals surface area (Å²) >= 11 is 0. The smallest absolute Gasteiger partial charge is 0.236 e. The lowest BCUT2D eigenvalue weighted by atomic mass is 10.1. The van der Waals surface area contributed by atoms with Crippen LogP contribution >= 0.6 is 0 Å². The Balaban J connectivity index is 2.33. The number of unbranched alkanes of at least 4 members (excludes halogenated alkanes) is 2. The average Bonchev–Trinajstić information content (AvgIpc) is 2.44. The van der Waals surface area contributed by atoms with Gasteiger partial charge >= 0.3 is 0 Å². The summed E-state index contributed by atoms with van der Waals surface area (Å²) in [6, 6.07) is 10.2. The first-order valence-corrected chi connectivity index (χ1v) is 7.23. The van der Waals surface area contributed by atoms with Gasteiger partial charge in [0.1, 0.15) is 0 Å².